The molecule has 14 heteroatoms. The third-order valence-corrected chi connectivity index (χ3v) is 8.63. The third kappa shape index (κ3) is 7.87. The zero-order valence-corrected chi connectivity index (χ0v) is 23.7. The molecule has 0 radical (unpaired) electrons. The van der Waals surface area contributed by atoms with Gasteiger partial charge in [-0.15, -0.1) is 0 Å². The van der Waals surface area contributed by atoms with Gasteiger partial charge in [-0.1, -0.05) is 18.5 Å². The largest absolute Gasteiger partial charge is 0.488 e. The lowest BCUT2D eigenvalue weighted by Crippen LogP contribution is -2.50. The Hall–Kier alpha value is -2.87. The number of rotatable bonds is 9. The molecule has 0 saturated carbocycles. The molecule has 2 amide bonds. The Bertz CT molecular complexity index is 1320. The minimum atomic E-state index is -4.49. The molecule has 0 fully saturated rings. The summed E-state index contributed by atoms with van der Waals surface area (Å²) >= 11 is 5.89. The highest BCUT2D eigenvalue weighted by Crippen LogP contribution is 2.31. The second-order valence-corrected chi connectivity index (χ2v) is 12.2. The van der Waals surface area contributed by atoms with E-state index in [0.29, 0.717) is 5.02 Å². The number of anilines is 1. The van der Waals surface area contributed by atoms with Crippen LogP contribution in [0.1, 0.15) is 37.0 Å². The van der Waals surface area contributed by atoms with Crippen LogP contribution in [-0.4, -0.2) is 79.6 Å². The predicted octanol–water partition coefficient (Wildman–Crippen LogP) is 4.16. The van der Waals surface area contributed by atoms with E-state index in [1.807, 2.05) is 0 Å². The minimum Gasteiger partial charge on any atom is -0.488 e. The first-order valence-electron chi connectivity index (χ1n) is 12.4. The van der Waals surface area contributed by atoms with Gasteiger partial charge in [0.1, 0.15) is 11.9 Å². The molecule has 2 aromatic rings. The number of hydrogen-bond donors (Lipinski definition) is 2. The first-order chi connectivity index (χ1) is 18.6. The Balaban J connectivity index is 1.91. The van der Waals surface area contributed by atoms with Crippen molar-refractivity contribution in [3.05, 3.63) is 53.1 Å². The lowest BCUT2D eigenvalue weighted by molar-refractivity contribution is -0.142. The van der Waals surface area contributed by atoms with Crippen LogP contribution in [0.25, 0.3) is 0 Å². The number of ether oxygens (including phenoxy) is 1. The summed E-state index contributed by atoms with van der Waals surface area (Å²) in [5.41, 5.74) is 0.0983. The number of sulfonamides is 1. The monoisotopic (exact) mass is 605 g/mol. The number of hydrogen-bond acceptors (Lipinski definition) is 6. The number of amides is 2. The standard InChI is InChI=1S/C26H31ClF3N3O6S/c1-16-13-33(17(2)15-34)25(36)21-12-19(31-24(35)10-11-26(28,29)30)6-9-22(21)39-23(16)14-32(3)40(37,38)20-7-4-18(27)5-8-20/h4-9,12,16-17,23,34H,10-11,13-15H2,1-3H3,(H,31,35)/t16-,17-,23-/m1/s1. The van der Waals surface area contributed by atoms with Crippen LogP contribution < -0.4 is 10.1 Å². The van der Waals surface area contributed by atoms with Gasteiger partial charge in [0.25, 0.3) is 5.91 Å². The van der Waals surface area contributed by atoms with E-state index in [2.05, 4.69) is 5.32 Å². The van der Waals surface area contributed by atoms with Crippen molar-refractivity contribution in [2.75, 3.05) is 32.1 Å². The van der Waals surface area contributed by atoms with Gasteiger partial charge in [0.2, 0.25) is 15.9 Å². The fourth-order valence-corrected chi connectivity index (χ4v) is 5.44. The van der Waals surface area contributed by atoms with E-state index in [1.54, 1.807) is 13.8 Å². The van der Waals surface area contributed by atoms with Crippen LogP contribution in [0.2, 0.25) is 5.02 Å². The van der Waals surface area contributed by atoms with Gasteiger partial charge in [0.05, 0.1) is 36.1 Å². The normalized spacial score (nSPS) is 18.9. The first kappa shape index (κ1) is 31.7. The summed E-state index contributed by atoms with van der Waals surface area (Å²) in [5, 5.41) is 12.5. The number of aliphatic hydroxyl groups excluding tert-OH is 1. The van der Waals surface area contributed by atoms with Gasteiger partial charge in [0, 0.05) is 36.6 Å². The van der Waals surface area contributed by atoms with Gasteiger partial charge >= 0.3 is 6.18 Å². The van der Waals surface area contributed by atoms with Crippen LogP contribution in [0.5, 0.6) is 5.75 Å². The first-order valence-corrected chi connectivity index (χ1v) is 14.2. The molecule has 1 aliphatic rings. The van der Waals surface area contributed by atoms with Crippen LogP contribution in [-0.2, 0) is 14.8 Å². The second-order valence-electron chi connectivity index (χ2n) is 9.74. The van der Waals surface area contributed by atoms with E-state index in [0.717, 1.165) is 4.31 Å². The van der Waals surface area contributed by atoms with Gasteiger partial charge in [-0.25, -0.2) is 8.42 Å². The van der Waals surface area contributed by atoms with Gasteiger partial charge < -0.3 is 20.1 Å². The molecule has 3 atom stereocenters. The fourth-order valence-electron chi connectivity index (χ4n) is 4.14. The summed E-state index contributed by atoms with van der Waals surface area (Å²) in [6, 6.07) is 9.17. The van der Waals surface area contributed by atoms with Crippen molar-refractivity contribution in [1.29, 1.82) is 0 Å². The average molecular weight is 606 g/mol. The number of carbonyl (C=O) groups is 2. The van der Waals surface area contributed by atoms with E-state index in [-0.39, 0.29) is 47.5 Å². The number of nitrogens with zero attached hydrogens (tertiary/aromatic N) is 2. The number of likely N-dealkylation sites (N-methyl/N-ethyl adjacent to an activating group) is 1. The summed E-state index contributed by atoms with van der Waals surface area (Å²) in [4.78, 5) is 27.0. The molecule has 0 aromatic heterocycles. The molecule has 1 heterocycles. The topological polar surface area (TPSA) is 116 Å². The third-order valence-electron chi connectivity index (χ3n) is 6.54. The molecule has 9 nitrogen and oxygen atoms in total. The van der Waals surface area contributed by atoms with E-state index in [1.165, 1.54) is 54.4 Å². The minimum absolute atomic E-state index is 0.00836. The molecular formula is C26H31ClF3N3O6S. The molecule has 0 bridgehead atoms. The molecular weight excluding hydrogens is 575 g/mol. The van der Waals surface area contributed by atoms with Crippen LogP contribution in [0.3, 0.4) is 0 Å². The number of carbonyl (C=O) groups excluding carboxylic acids is 2. The van der Waals surface area contributed by atoms with E-state index < -0.39 is 53.0 Å². The Morgan fingerprint density at radius 1 is 1.25 bits per heavy atom. The lowest BCUT2D eigenvalue weighted by atomic mass is 9.99. The molecule has 0 spiro atoms. The van der Waals surface area contributed by atoms with Gasteiger partial charge in [-0.05, 0) is 49.4 Å². The van der Waals surface area contributed by atoms with Gasteiger partial charge in [-0.2, -0.15) is 17.5 Å². The Morgan fingerprint density at radius 3 is 2.50 bits per heavy atom. The SMILES string of the molecule is C[C@@H]1CN([C@H](C)CO)C(=O)c2cc(NC(=O)CCC(F)(F)F)ccc2O[C@@H]1CN(C)S(=O)(=O)c1ccc(Cl)cc1. The van der Waals surface area contributed by atoms with Crippen LogP contribution >= 0.6 is 11.6 Å². The Morgan fingerprint density at radius 2 is 1.90 bits per heavy atom. The maximum absolute atomic E-state index is 13.5. The number of aliphatic hydroxyl groups is 1. The zero-order valence-electron chi connectivity index (χ0n) is 22.1. The van der Waals surface area contributed by atoms with E-state index in [4.69, 9.17) is 16.3 Å². The fraction of sp³-hybridized carbons (Fsp3) is 0.462. The van der Waals surface area contributed by atoms with Crippen LogP contribution in [0.4, 0.5) is 18.9 Å². The predicted molar refractivity (Wildman–Crippen MR) is 143 cm³/mol. The molecule has 1 aliphatic heterocycles. The quantitative estimate of drug-likeness (QED) is 0.443. The number of fused-ring (bicyclic) bond motifs is 1. The number of halogens is 4. The molecule has 40 heavy (non-hydrogen) atoms. The molecule has 0 unspecified atom stereocenters. The van der Waals surface area contributed by atoms with E-state index >= 15 is 0 Å². The molecule has 220 valence electrons. The van der Waals surface area contributed by atoms with Gasteiger partial charge in [-0.3, -0.25) is 9.59 Å². The average Bonchev–Trinajstić information content (AvgIpc) is 2.89. The van der Waals surface area contributed by atoms with Crippen molar-refractivity contribution in [3.8, 4) is 5.75 Å². The van der Waals surface area contributed by atoms with Crippen molar-refractivity contribution in [2.45, 2.75) is 49.9 Å². The van der Waals surface area contributed by atoms with E-state index in [9.17, 15) is 36.3 Å². The van der Waals surface area contributed by atoms with Crippen molar-refractivity contribution >= 4 is 39.1 Å². The highest BCUT2D eigenvalue weighted by atomic mass is 35.5. The van der Waals surface area contributed by atoms with Crippen LogP contribution in [0, 0.1) is 5.92 Å². The van der Waals surface area contributed by atoms with Crippen molar-refractivity contribution in [1.82, 2.24) is 9.21 Å². The second kappa shape index (κ2) is 12.8. The van der Waals surface area contributed by atoms with Gasteiger partial charge in [0.15, 0.2) is 0 Å². The Kier molecular flexibility index (Phi) is 10.1. The summed E-state index contributed by atoms with van der Waals surface area (Å²) in [6.45, 7) is 3.11. The molecule has 2 aromatic carbocycles. The maximum Gasteiger partial charge on any atom is 0.389 e. The highest BCUT2D eigenvalue weighted by Gasteiger charge is 2.35. The van der Waals surface area contributed by atoms with Crippen LogP contribution in [0.15, 0.2) is 47.4 Å². The zero-order chi connectivity index (χ0) is 29.8. The van der Waals surface area contributed by atoms with Crippen molar-refractivity contribution < 1.29 is 41.0 Å². The molecule has 0 aliphatic carbocycles. The smallest absolute Gasteiger partial charge is 0.389 e. The summed E-state index contributed by atoms with van der Waals surface area (Å²) in [5.74, 6) is -1.68. The lowest BCUT2D eigenvalue weighted by Gasteiger charge is -2.38. The summed E-state index contributed by atoms with van der Waals surface area (Å²) in [7, 11) is -2.51. The highest BCUT2D eigenvalue weighted by molar-refractivity contribution is 7.89. The maximum atomic E-state index is 13.5. The van der Waals surface area contributed by atoms with Crippen molar-refractivity contribution in [3.63, 3.8) is 0 Å². The Labute approximate surface area is 235 Å². The summed E-state index contributed by atoms with van der Waals surface area (Å²) < 4.78 is 71.1. The number of alkyl halides is 3. The summed E-state index contributed by atoms with van der Waals surface area (Å²) in [6.07, 6.45) is -7.31. The van der Waals surface area contributed by atoms with Crippen molar-refractivity contribution in [2.24, 2.45) is 5.92 Å². The molecule has 2 N–H and O–H groups in total. The number of nitrogens with one attached hydrogen (secondary N) is 1. The molecule has 3 rings (SSSR count). The number of benzene rings is 2. The molecule has 0 saturated heterocycles.